The summed E-state index contributed by atoms with van der Waals surface area (Å²) in [7, 11) is 4.01. The Labute approximate surface area is 108 Å². The minimum absolute atomic E-state index is 0.390. The maximum Gasteiger partial charge on any atom is 0.0786 e. The van der Waals surface area contributed by atoms with E-state index in [0.717, 1.165) is 42.5 Å². The average Bonchev–Trinajstić information content (AvgIpc) is 2.30. The van der Waals surface area contributed by atoms with Crippen LogP contribution in [0, 0.1) is 0 Å². The van der Waals surface area contributed by atoms with Crippen LogP contribution in [0.1, 0.15) is 12.8 Å². The molecule has 1 N–H and O–H groups in total. The Kier molecular flexibility index (Phi) is 4.13. The molecule has 3 nitrogen and oxygen atoms in total. The van der Waals surface area contributed by atoms with Crippen molar-refractivity contribution in [2.24, 2.45) is 0 Å². The van der Waals surface area contributed by atoms with Crippen LogP contribution in [0.25, 0.3) is 0 Å². The molecule has 0 aromatic heterocycles. The lowest BCUT2D eigenvalue weighted by Gasteiger charge is -2.27. The van der Waals surface area contributed by atoms with Gasteiger partial charge in [-0.2, -0.15) is 0 Å². The predicted molar refractivity (Wildman–Crippen MR) is 73.2 cm³/mol. The third kappa shape index (κ3) is 3.05. The van der Waals surface area contributed by atoms with Gasteiger partial charge in [0, 0.05) is 26.7 Å². The van der Waals surface area contributed by atoms with Gasteiger partial charge in [0.05, 0.1) is 23.0 Å². The number of hydrogen-bond donors (Lipinski definition) is 1. The largest absolute Gasteiger partial charge is 0.379 e. The molecule has 1 aliphatic heterocycles. The molecule has 1 atom stereocenters. The number of nitrogens with one attached hydrogen (secondary N) is 1. The van der Waals surface area contributed by atoms with E-state index in [1.807, 2.05) is 31.1 Å². The standard InChI is InChI=1S/C13H19ClN2O/c1-16(2)13-11(14)6-3-7-12(13)15-10-5-4-8-17-9-10/h3,6-7,10,15H,4-5,8-9H2,1-2H3. The molecule has 1 fully saturated rings. The molecule has 0 bridgehead atoms. The lowest BCUT2D eigenvalue weighted by atomic mass is 10.1. The van der Waals surface area contributed by atoms with Crippen LogP contribution in [0.3, 0.4) is 0 Å². The summed E-state index contributed by atoms with van der Waals surface area (Å²) in [5.41, 5.74) is 2.12. The fourth-order valence-corrected chi connectivity index (χ4v) is 2.50. The molecule has 4 heteroatoms. The van der Waals surface area contributed by atoms with Gasteiger partial charge in [-0.25, -0.2) is 0 Å². The number of hydrogen-bond acceptors (Lipinski definition) is 3. The van der Waals surface area contributed by atoms with E-state index in [9.17, 15) is 0 Å². The van der Waals surface area contributed by atoms with Gasteiger partial charge in [-0.1, -0.05) is 17.7 Å². The molecule has 17 heavy (non-hydrogen) atoms. The van der Waals surface area contributed by atoms with E-state index >= 15 is 0 Å². The van der Waals surface area contributed by atoms with Gasteiger partial charge in [0.1, 0.15) is 0 Å². The van der Waals surface area contributed by atoms with Crippen LogP contribution in [-0.4, -0.2) is 33.4 Å². The van der Waals surface area contributed by atoms with Crippen molar-refractivity contribution in [2.75, 3.05) is 37.5 Å². The Morgan fingerprint density at radius 1 is 1.41 bits per heavy atom. The quantitative estimate of drug-likeness (QED) is 0.898. The normalized spacial score (nSPS) is 20.1. The Hall–Kier alpha value is -0.930. The monoisotopic (exact) mass is 254 g/mol. The number of rotatable bonds is 3. The zero-order chi connectivity index (χ0) is 12.3. The third-order valence-corrected chi connectivity index (χ3v) is 3.26. The minimum Gasteiger partial charge on any atom is -0.379 e. The van der Waals surface area contributed by atoms with Crippen molar-refractivity contribution >= 4 is 23.0 Å². The zero-order valence-electron chi connectivity index (χ0n) is 10.4. The second-order valence-electron chi connectivity index (χ2n) is 4.59. The molecule has 0 saturated carbocycles. The Bertz CT molecular complexity index is 376. The van der Waals surface area contributed by atoms with E-state index in [1.165, 1.54) is 0 Å². The summed E-state index contributed by atoms with van der Waals surface area (Å²) in [4.78, 5) is 2.04. The van der Waals surface area contributed by atoms with Crippen molar-refractivity contribution in [3.8, 4) is 0 Å². The summed E-state index contributed by atoms with van der Waals surface area (Å²) in [6.45, 7) is 1.66. The van der Waals surface area contributed by atoms with Gasteiger partial charge in [-0.05, 0) is 25.0 Å². The molecule has 0 spiro atoms. The molecule has 0 aliphatic carbocycles. The SMILES string of the molecule is CN(C)c1c(Cl)cccc1NC1CCCOC1. The van der Waals surface area contributed by atoms with Crippen LogP contribution >= 0.6 is 11.6 Å². The second-order valence-corrected chi connectivity index (χ2v) is 5.00. The maximum atomic E-state index is 6.23. The minimum atomic E-state index is 0.390. The smallest absolute Gasteiger partial charge is 0.0786 e. The van der Waals surface area contributed by atoms with Crippen LogP contribution in [-0.2, 0) is 4.74 Å². The first kappa shape index (κ1) is 12.5. The molecular weight excluding hydrogens is 236 g/mol. The Morgan fingerprint density at radius 2 is 2.24 bits per heavy atom. The zero-order valence-corrected chi connectivity index (χ0v) is 11.1. The van der Waals surface area contributed by atoms with Crippen molar-refractivity contribution in [3.63, 3.8) is 0 Å². The van der Waals surface area contributed by atoms with Crippen LogP contribution in [0.2, 0.25) is 5.02 Å². The molecule has 1 aliphatic rings. The summed E-state index contributed by atoms with van der Waals surface area (Å²) >= 11 is 6.23. The molecule has 2 rings (SSSR count). The van der Waals surface area contributed by atoms with Gasteiger partial charge >= 0.3 is 0 Å². The number of ether oxygens (including phenoxy) is 1. The van der Waals surface area contributed by atoms with E-state index in [2.05, 4.69) is 11.4 Å². The van der Waals surface area contributed by atoms with Crippen LogP contribution in [0.4, 0.5) is 11.4 Å². The maximum absolute atomic E-state index is 6.23. The van der Waals surface area contributed by atoms with Crippen LogP contribution in [0.15, 0.2) is 18.2 Å². The van der Waals surface area contributed by atoms with Crippen molar-refractivity contribution in [3.05, 3.63) is 23.2 Å². The Balaban J connectivity index is 2.16. The molecule has 1 heterocycles. The molecule has 1 unspecified atom stereocenters. The van der Waals surface area contributed by atoms with Gasteiger partial charge in [0.25, 0.3) is 0 Å². The first-order valence-electron chi connectivity index (χ1n) is 5.98. The number of para-hydroxylation sites is 1. The predicted octanol–water partition coefficient (Wildman–Crippen LogP) is 3.00. The topological polar surface area (TPSA) is 24.5 Å². The van der Waals surface area contributed by atoms with Gasteiger partial charge in [0.15, 0.2) is 0 Å². The summed E-state index contributed by atoms with van der Waals surface area (Å²) < 4.78 is 5.48. The molecule has 0 amide bonds. The van der Waals surface area contributed by atoms with Gasteiger partial charge in [-0.3, -0.25) is 0 Å². The highest BCUT2D eigenvalue weighted by Crippen LogP contribution is 2.33. The summed E-state index contributed by atoms with van der Waals surface area (Å²) in [6.07, 6.45) is 2.27. The molecule has 1 aromatic carbocycles. The number of halogens is 1. The lowest BCUT2D eigenvalue weighted by molar-refractivity contribution is 0.0876. The summed E-state index contributed by atoms with van der Waals surface area (Å²) in [5, 5.41) is 4.30. The number of nitrogens with zero attached hydrogens (tertiary/aromatic N) is 1. The van der Waals surface area contributed by atoms with Gasteiger partial charge < -0.3 is 15.0 Å². The first-order valence-corrected chi connectivity index (χ1v) is 6.36. The van der Waals surface area contributed by atoms with E-state index in [1.54, 1.807) is 0 Å². The number of benzene rings is 1. The number of anilines is 2. The Morgan fingerprint density at radius 3 is 2.88 bits per heavy atom. The second kappa shape index (κ2) is 5.61. The highest BCUT2D eigenvalue weighted by molar-refractivity contribution is 6.34. The van der Waals surface area contributed by atoms with E-state index in [0.29, 0.717) is 6.04 Å². The van der Waals surface area contributed by atoms with E-state index < -0.39 is 0 Å². The molecule has 1 saturated heterocycles. The van der Waals surface area contributed by atoms with Crippen molar-refractivity contribution in [1.82, 2.24) is 0 Å². The van der Waals surface area contributed by atoms with Crippen molar-refractivity contribution in [1.29, 1.82) is 0 Å². The summed E-state index contributed by atoms with van der Waals surface area (Å²) in [5.74, 6) is 0. The molecule has 1 aromatic rings. The highest BCUT2D eigenvalue weighted by Gasteiger charge is 2.16. The van der Waals surface area contributed by atoms with Crippen LogP contribution < -0.4 is 10.2 Å². The highest BCUT2D eigenvalue weighted by atomic mass is 35.5. The molecule has 94 valence electrons. The lowest BCUT2D eigenvalue weighted by Crippen LogP contribution is -2.30. The first-order chi connectivity index (χ1) is 8.18. The fourth-order valence-electron chi connectivity index (χ4n) is 2.16. The third-order valence-electron chi connectivity index (χ3n) is 2.95. The van der Waals surface area contributed by atoms with Gasteiger partial charge in [-0.15, -0.1) is 0 Å². The fraction of sp³-hybridized carbons (Fsp3) is 0.538. The van der Waals surface area contributed by atoms with E-state index in [-0.39, 0.29) is 0 Å². The van der Waals surface area contributed by atoms with Gasteiger partial charge in [0.2, 0.25) is 0 Å². The summed E-state index contributed by atoms with van der Waals surface area (Å²) in [6, 6.07) is 6.34. The van der Waals surface area contributed by atoms with Crippen molar-refractivity contribution < 1.29 is 4.74 Å². The average molecular weight is 255 g/mol. The van der Waals surface area contributed by atoms with Crippen LogP contribution in [0.5, 0.6) is 0 Å². The molecule has 0 radical (unpaired) electrons. The molecular formula is C13H19ClN2O. The van der Waals surface area contributed by atoms with E-state index in [4.69, 9.17) is 16.3 Å². The van der Waals surface area contributed by atoms with Crippen molar-refractivity contribution in [2.45, 2.75) is 18.9 Å².